The van der Waals surface area contributed by atoms with Crippen molar-refractivity contribution in [3.8, 4) is 0 Å². The Morgan fingerprint density at radius 3 is 2.38 bits per heavy atom. The van der Waals surface area contributed by atoms with Crippen molar-refractivity contribution in [2.75, 3.05) is 0 Å². The molecule has 0 N–H and O–H groups in total. The number of nitrogens with zero attached hydrogens (tertiary/aromatic N) is 3. The summed E-state index contributed by atoms with van der Waals surface area (Å²) in [6, 6.07) is 12.3. The monoisotopic (exact) mass is 351 g/mol. The van der Waals surface area contributed by atoms with Crippen LogP contribution in [-0.2, 0) is 5.41 Å². The van der Waals surface area contributed by atoms with E-state index in [4.69, 9.17) is 4.99 Å². The van der Waals surface area contributed by atoms with Crippen molar-refractivity contribution in [3.05, 3.63) is 70.9 Å². The van der Waals surface area contributed by atoms with Gasteiger partial charge in [-0.25, -0.2) is 8.78 Å². The van der Waals surface area contributed by atoms with Crippen LogP contribution < -0.4 is 0 Å². The van der Waals surface area contributed by atoms with Crippen molar-refractivity contribution in [2.24, 2.45) is 4.99 Å². The van der Waals surface area contributed by atoms with Crippen molar-refractivity contribution in [3.63, 3.8) is 0 Å². The Labute approximate surface area is 150 Å². The molecule has 3 nitrogen and oxygen atoms in total. The molecule has 0 spiro atoms. The molecule has 26 heavy (non-hydrogen) atoms. The van der Waals surface area contributed by atoms with Gasteiger partial charge in [0.2, 0.25) is 0 Å². The summed E-state index contributed by atoms with van der Waals surface area (Å²) in [5.74, 6) is -1.67. The van der Waals surface area contributed by atoms with Crippen molar-refractivity contribution in [2.45, 2.75) is 38.6 Å². The van der Waals surface area contributed by atoms with E-state index in [-0.39, 0.29) is 0 Å². The SMILES string of the molecule is CC1(C)N=C(c2cc3ccccc3nn2)c2ccc(F)c(F)c2C1(C)C. The van der Waals surface area contributed by atoms with Gasteiger partial charge in [-0.1, -0.05) is 32.0 Å². The van der Waals surface area contributed by atoms with Crippen LogP contribution in [0.4, 0.5) is 8.78 Å². The highest BCUT2D eigenvalue weighted by Gasteiger charge is 2.46. The highest BCUT2D eigenvalue weighted by Crippen LogP contribution is 2.45. The fourth-order valence-corrected chi connectivity index (χ4v) is 3.44. The Bertz CT molecular complexity index is 1070. The number of hydrogen-bond acceptors (Lipinski definition) is 3. The summed E-state index contributed by atoms with van der Waals surface area (Å²) in [7, 11) is 0. The first-order valence-corrected chi connectivity index (χ1v) is 8.54. The van der Waals surface area contributed by atoms with Crippen LogP contribution in [0.3, 0.4) is 0 Å². The van der Waals surface area contributed by atoms with Gasteiger partial charge in [0.05, 0.1) is 16.8 Å². The van der Waals surface area contributed by atoms with Gasteiger partial charge in [-0.3, -0.25) is 4.99 Å². The number of benzene rings is 2. The van der Waals surface area contributed by atoms with Gasteiger partial charge in [-0.2, -0.15) is 0 Å². The minimum Gasteiger partial charge on any atom is -0.275 e. The standard InChI is InChI=1S/C21H19F2N3/c1-20(2)17-13(9-10-14(22)18(17)23)19(24-21(20,3)4)16-11-12-7-5-6-8-15(12)25-26-16/h5-11H,1-4H3. The average Bonchev–Trinajstić information content (AvgIpc) is 2.60. The highest BCUT2D eigenvalue weighted by molar-refractivity contribution is 6.14. The number of rotatable bonds is 1. The number of aliphatic imine (C=N–C) groups is 1. The molecule has 0 fully saturated rings. The van der Waals surface area contributed by atoms with Gasteiger partial charge in [-0.05, 0) is 38.1 Å². The van der Waals surface area contributed by atoms with Crippen molar-refractivity contribution in [1.82, 2.24) is 10.2 Å². The van der Waals surface area contributed by atoms with E-state index in [2.05, 4.69) is 10.2 Å². The molecule has 0 radical (unpaired) electrons. The lowest BCUT2D eigenvalue weighted by atomic mass is 9.65. The van der Waals surface area contributed by atoms with Gasteiger partial charge < -0.3 is 0 Å². The lowest BCUT2D eigenvalue weighted by molar-refractivity contribution is 0.289. The smallest absolute Gasteiger partial charge is 0.163 e. The Morgan fingerprint density at radius 1 is 0.885 bits per heavy atom. The number of hydrogen-bond donors (Lipinski definition) is 0. The van der Waals surface area contributed by atoms with Crippen molar-refractivity contribution < 1.29 is 8.78 Å². The maximum atomic E-state index is 14.8. The maximum Gasteiger partial charge on any atom is 0.163 e. The molecule has 0 atom stereocenters. The van der Waals surface area contributed by atoms with E-state index in [1.807, 2.05) is 58.0 Å². The van der Waals surface area contributed by atoms with Gasteiger partial charge in [-0.15, -0.1) is 10.2 Å². The third-order valence-corrected chi connectivity index (χ3v) is 5.63. The van der Waals surface area contributed by atoms with E-state index < -0.39 is 22.6 Å². The van der Waals surface area contributed by atoms with Crippen molar-refractivity contribution in [1.29, 1.82) is 0 Å². The number of fused-ring (bicyclic) bond motifs is 2. The summed E-state index contributed by atoms with van der Waals surface area (Å²) in [4.78, 5) is 4.88. The maximum absolute atomic E-state index is 14.8. The molecule has 3 aromatic rings. The van der Waals surface area contributed by atoms with E-state index in [0.717, 1.165) is 17.0 Å². The van der Waals surface area contributed by atoms with E-state index in [1.165, 1.54) is 0 Å². The normalized spacial score (nSPS) is 17.7. The lowest BCUT2D eigenvalue weighted by Crippen LogP contribution is -2.47. The van der Waals surface area contributed by atoms with Gasteiger partial charge in [0.25, 0.3) is 0 Å². The Kier molecular flexibility index (Phi) is 3.48. The summed E-state index contributed by atoms with van der Waals surface area (Å²) < 4.78 is 28.8. The molecular weight excluding hydrogens is 332 g/mol. The highest BCUT2D eigenvalue weighted by atomic mass is 19.2. The van der Waals surface area contributed by atoms with Crippen LogP contribution in [-0.4, -0.2) is 21.4 Å². The first-order valence-electron chi connectivity index (χ1n) is 8.54. The fraction of sp³-hybridized carbons (Fsp3) is 0.286. The molecule has 1 aliphatic rings. The van der Waals surface area contributed by atoms with E-state index >= 15 is 0 Å². The van der Waals surface area contributed by atoms with Gasteiger partial charge >= 0.3 is 0 Å². The average molecular weight is 351 g/mol. The first kappa shape index (κ1) is 16.8. The molecule has 2 heterocycles. The van der Waals surface area contributed by atoms with Gasteiger partial charge in [0, 0.05) is 21.9 Å². The lowest BCUT2D eigenvalue weighted by Gasteiger charge is -2.44. The first-order chi connectivity index (χ1) is 12.2. The molecule has 0 aliphatic carbocycles. The molecule has 1 aliphatic heterocycles. The summed E-state index contributed by atoms with van der Waals surface area (Å²) in [5.41, 5.74) is 1.46. The van der Waals surface area contributed by atoms with Gasteiger partial charge in [0.15, 0.2) is 11.6 Å². The third kappa shape index (κ3) is 2.26. The van der Waals surface area contributed by atoms with Crippen LogP contribution in [0.2, 0.25) is 0 Å². The summed E-state index contributed by atoms with van der Waals surface area (Å²) >= 11 is 0. The van der Waals surface area contributed by atoms with E-state index in [0.29, 0.717) is 22.5 Å². The predicted octanol–water partition coefficient (Wildman–Crippen LogP) is 4.82. The number of aromatic nitrogens is 2. The molecule has 0 bridgehead atoms. The van der Waals surface area contributed by atoms with Crippen LogP contribution in [0.5, 0.6) is 0 Å². The molecule has 1 aromatic heterocycles. The minimum atomic E-state index is -0.849. The topological polar surface area (TPSA) is 38.1 Å². The largest absolute Gasteiger partial charge is 0.275 e. The zero-order valence-electron chi connectivity index (χ0n) is 15.1. The second-order valence-electron chi connectivity index (χ2n) is 7.72. The van der Waals surface area contributed by atoms with Gasteiger partial charge in [0.1, 0.15) is 5.69 Å². The van der Waals surface area contributed by atoms with Crippen molar-refractivity contribution >= 4 is 16.6 Å². The molecule has 0 unspecified atom stereocenters. The third-order valence-electron chi connectivity index (χ3n) is 5.63. The van der Waals surface area contributed by atoms with E-state index in [1.54, 1.807) is 6.07 Å². The Hall–Kier alpha value is -2.69. The molecule has 132 valence electrons. The second-order valence-corrected chi connectivity index (χ2v) is 7.72. The second kappa shape index (κ2) is 5.40. The minimum absolute atomic E-state index is 0.336. The van der Waals surface area contributed by atoms with Crippen LogP contribution in [0.25, 0.3) is 10.9 Å². The Morgan fingerprint density at radius 2 is 1.62 bits per heavy atom. The summed E-state index contributed by atoms with van der Waals surface area (Å²) in [6.07, 6.45) is 0. The number of halogens is 2. The molecule has 0 amide bonds. The molecule has 4 rings (SSSR count). The Balaban J connectivity index is 2.02. The fourth-order valence-electron chi connectivity index (χ4n) is 3.44. The predicted molar refractivity (Wildman–Crippen MR) is 98.6 cm³/mol. The van der Waals surface area contributed by atoms with Crippen LogP contribution in [0, 0.1) is 11.6 Å². The molecule has 2 aromatic carbocycles. The summed E-state index contributed by atoms with van der Waals surface area (Å²) in [5, 5.41) is 9.48. The molecular formula is C21H19F2N3. The quantitative estimate of drug-likeness (QED) is 0.631. The molecule has 5 heteroatoms. The summed E-state index contributed by atoms with van der Waals surface area (Å²) in [6.45, 7) is 7.63. The van der Waals surface area contributed by atoms with Crippen LogP contribution in [0.1, 0.15) is 44.5 Å². The zero-order chi connectivity index (χ0) is 18.7. The molecule has 0 saturated carbocycles. The van der Waals surface area contributed by atoms with E-state index in [9.17, 15) is 8.78 Å². The zero-order valence-corrected chi connectivity index (χ0v) is 15.1. The van der Waals surface area contributed by atoms with Crippen LogP contribution >= 0.6 is 0 Å². The van der Waals surface area contributed by atoms with Crippen LogP contribution in [0.15, 0.2) is 47.5 Å². The molecule has 0 saturated heterocycles.